The van der Waals surface area contributed by atoms with E-state index in [-0.39, 0.29) is 6.04 Å². The molecule has 4 nitrogen and oxygen atoms in total. The second-order valence-corrected chi connectivity index (χ2v) is 2.54. The maximum absolute atomic E-state index is 10.8. The highest BCUT2D eigenvalue weighted by molar-refractivity contribution is 5.68. The van der Waals surface area contributed by atoms with Crippen molar-refractivity contribution in [3.63, 3.8) is 0 Å². The summed E-state index contributed by atoms with van der Waals surface area (Å²) >= 11 is 0. The standard InChI is InChI=1S/C8H11NO3/c1-2-12-8(10)9-7-3-5-11-6-4-7/h1,7H,3-6H2,(H,9,10). The molecule has 0 aliphatic carbocycles. The SMILES string of the molecule is C#COC(=O)NC1CCOCC1. The van der Waals surface area contributed by atoms with E-state index in [2.05, 4.69) is 10.1 Å². The first-order valence-corrected chi connectivity index (χ1v) is 3.83. The van der Waals surface area contributed by atoms with E-state index >= 15 is 0 Å². The van der Waals surface area contributed by atoms with Crippen molar-refractivity contribution in [2.24, 2.45) is 0 Å². The van der Waals surface area contributed by atoms with E-state index in [1.54, 1.807) is 0 Å². The Kier molecular flexibility index (Phi) is 3.42. The topological polar surface area (TPSA) is 47.6 Å². The predicted octanol–water partition coefficient (Wildman–Crippen LogP) is 0.482. The van der Waals surface area contributed by atoms with Crippen molar-refractivity contribution in [2.75, 3.05) is 13.2 Å². The summed E-state index contributed by atoms with van der Waals surface area (Å²) in [6, 6.07) is 0.139. The molecule has 0 radical (unpaired) electrons. The van der Waals surface area contributed by atoms with Gasteiger partial charge < -0.3 is 14.8 Å². The normalized spacial score (nSPS) is 17.9. The number of carbonyl (C=O) groups excluding carboxylic acids is 1. The molecule has 0 unspecified atom stereocenters. The van der Waals surface area contributed by atoms with Gasteiger partial charge in [0.25, 0.3) is 0 Å². The number of rotatable bonds is 1. The second kappa shape index (κ2) is 4.62. The molecule has 1 saturated heterocycles. The van der Waals surface area contributed by atoms with E-state index in [1.165, 1.54) is 0 Å². The van der Waals surface area contributed by atoms with Gasteiger partial charge in [0.2, 0.25) is 0 Å². The van der Waals surface area contributed by atoms with Crippen LogP contribution >= 0.6 is 0 Å². The molecule has 1 amide bonds. The molecule has 1 rings (SSSR count). The van der Waals surface area contributed by atoms with Crippen molar-refractivity contribution in [1.29, 1.82) is 0 Å². The minimum atomic E-state index is -0.551. The molecule has 1 aliphatic rings. The van der Waals surface area contributed by atoms with E-state index in [0.717, 1.165) is 12.8 Å². The van der Waals surface area contributed by atoms with Gasteiger partial charge in [-0.05, 0) is 12.8 Å². The zero-order valence-corrected chi connectivity index (χ0v) is 6.71. The number of hydrogen-bond donors (Lipinski definition) is 1. The van der Waals surface area contributed by atoms with Gasteiger partial charge in [-0.15, -0.1) is 0 Å². The molecule has 0 bridgehead atoms. The summed E-state index contributed by atoms with van der Waals surface area (Å²) in [5.74, 6) is 0. The maximum atomic E-state index is 10.8. The summed E-state index contributed by atoms with van der Waals surface area (Å²) in [5, 5.41) is 2.64. The quantitative estimate of drug-likeness (QED) is 0.581. The molecule has 0 aromatic rings. The zero-order chi connectivity index (χ0) is 8.81. The van der Waals surface area contributed by atoms with Crippen LogP contribution in [-0.4, -0.2) is 25.3 Å². The summed E-state index contributed by atoms with van der Waals surface area (Å²) < 4.78 is 9.39. The van der Waals surface area contributed by atoms with Gasteiger partial charge in [-0.25, -0.2) is 4.79 Å². The predicted molar refractivity (Wildman–Crippen MR) is 42.3 cm³/mol. The maximum Gasteiger partial charge on any atom is 0.421 e. The van der Waals surface area contributed by atoms with E-state index in [9.17, 15) is 4.79 Å². The molecule has 1 N–H and O–H groups in total. The Labute approximate surface area is 71.2 Å². The lowest BCUT2D eigenvalue weighted by Crippen LogP contribution is -2.38. The van der Waals surface area contributed by atoms with Crippen molar-refractivity contribution >= 4 is 6.09 Å². The molecular formula is C8H11NO3. The van der Waals surface area contributed by atoms with Crippen molar-refractivity contribution in [1.82, 2.24) is 5.32 Å². The fraction of sp³-hybridized carbons (Fsp3) is 0.625. The third kappa shape index (κ3) is 2.81. The van der Waals surface area contributed by atoms with Gasteiger partial charge >= 0.3 is 6.09 Å². The molecule has 0 atom stereocenters. The first-order chi connectivity index (χ1) is 5.83. The first-order valence-electron chi connectivity index (χ1n) is 3.83. The molecule has 1 heterocycles. The van der Waals surface area contributed by atoms with Gasteiger partial charge in [-0.1, -0.05) is 6.42 Å². The number of terminal acetylenes is 1. The Hall–Kier alpha value is -1.21. The van der Waals surface area contributed by atoms with Crippen LogP contribution in [0.2, 0.25) is 0 Å². The molecule has 12 heavy (non-hydrogen) atoms. The molecule has 4 heteroatoms. The molecule has 0 aromatic carbocycles. The van der Waals surface area contributed by atoms with E-state index in [0.29, 0.717) is 13.2 Å². The van der Waals surface area contributed by atoms with Gasteiger partial charge in [0, 0.05) is 19.3 Å². The summed E-state index contributed by atoms with van der Waals surface area (Å²) in [5.41, 5.74) is 0. The summed E-state index contributed by atoms with van der Waals surface area (Å²) in [4.78, 5) is 10.8. The number of amides is 1. The lowest BCUT2D eigenvalue weighted by Gasteiger charge is -2.21. The fourth-order valence-electron chi connectivity index (χ4n) is 1.09. The summed E-state index contributed by atoms with van der Waals surface area (Å²) in [6.45, 7) is 1.36. The van der Waals surface area contributed by atoms with Crippen LogP contribution in [-0.2, 0) is 9.47 Å². The molecule has 0 aromatic heterocycles. The summed E-state index contributed by atoms with van der Waals surface area (Å²) in [7, 11) is 0. The number of hydrogen-bond acceptors (Lipinski definition) is 3. The number of alkyl carbamates (subject to hydrolysis) is 1. The number of carbonyl (C=O) groups is 1. The van der Waals surface area contributed by atoms with Crippen LogP contribution in [0.4, 0.5) is 4.79 Å². The highest BCUT2D eigenvalue weighted by Crippen LogP contribution is 2.05. The molecule has 0 saturated carbocycles. The first kappa shape index (κ1) is 8.88. The average molecular weight is 169 g/mol. The monoisotopic (exact) mass is 169 g/mol. The molecule has 1 fully saturated rings. The van der Waals surface area contributed by atoms with Crippen LogP contribution < -0.4 is 5.32 Å². The number of nitrogens with one attached hydrogen (secondary N) is 1. The van der Waals surface area contributed by atoms with E-state index in [1.807, 2.05) is 6.11 Å². The average Bonchev–Trinajstić information content (AvgIpc) is 2.06. The van der Waals surface area contributed by atoms with Crippen LogP contribution in [0.5, 0.6) is 0 Å². The Balaban J connectivity index is 2.21. The van der Waals surface area contributed by atoms with Crippen LogP contribution in [0.1, 0.15) is 12.8 Å². The van der Waals surface area contributed by atoms with Gasteiger partial charge in [0.1, 0.15) is 6.11 Å². The smallest absolute Gasteiger partial charge is 0.381 e. The highest BCUT2D eigenvalue weighted by atomic mass is 16.5. The lowest BCUT2D eigenvalue weighted by molar-refractivity contribution is 0.0772. The van der Waals surface area contributed by atoms with Gasteiger partial charge in [0.15, 0.2) is 0 Å². The number of ether oxygens (including phenoxy) is 2. The lowest BCUT2D eigenvalue weighted by atomic mass is 10.1. The highest BCUT2D eigenvalue weighted by Gasteiger charge is 2.15. The summed E-state index contributed by atoms with van der Waals surface area (Å²) in [6.07, 6.45) is 7.68. The molecule has 66 valence electrons. The van der Waals surface area contributed by atoms with Gasteiger partial charge in [-0.2, -0.15) is 0 Å². The molecule has 0 spiro atoms. The van der Waals surface area contributed by atoms with Crippen LogP contribution in [0.15, 0.2) is 0 Å². The van der Waals surface area contributed by atoms with Crippen molar-refractivity contribution < 1.29 is 14.3 Å². The van der Waals surface area contributed by atoms with Crippen molar-refractivity contribution in [3.8, 4) is 12.5 Å². The van der Waals surface area contributed by atoms with Gasteiger partial charge in [-0.3, -0.25) is 0 Å². The van der Waals surface area contributed by atoms with E-state index < -0.39 is 6.09 Å². The second-order valence-electron chi connectivity index (χ2n) is 2.54. The minimum Gasteiger partial charge on any atom is -0.381 e. The third-order valence-electron chi connectivity index (χ3n) is 1.69. The van der Waals surface area contributed by atoms with Crippen LogP contribution in [0.3, 0.4) is 0 Å². The Bertz CT molecular complexity index is 191. The molecule has 1 aliphatic heterocycles. The van der Waals surface area contributed by atoms with Crippen molar-refractivity contribution in [3.05, 3.63) is 0 Å². The minimum absolute atomic E-state index is 0.139. The zero-order valence-electron chi connectivity index (χ0n) is 6.71. The van der Waals surface area contributed by atoms with E-state index in [4.69, 9.17) is 11.2 Å². The van der Waals surface area contributed by atoms with Crippen molar-refractivity contribution in [2.45, 2.75) is 18.9 Å². The Morgan fingerprint density at radius 2 is 2.25 bits per heavy atom. The largest absolute Gasteiger partial charge is 0.421 e. The van der Waals surface area contributed by atoms with Crippen LogP contribution in [0, 0.1) is 12.5 Å². The Morgan fingerprint density at radius 1 is 1.58 bits per heavy atom. The van der Waals surface area contributed by atoms with Gasteiger partial charge in [0.05, 0.1) is 0 Å². The Morgan fingerprint density at radius 3 is 2.83 bits per heavy atom. The molecular weight excluding hydrogens is 158 g/mol. The third-order valence-corrected chi connectivity index (χ3v) is 1.69. The van der Waals surface area contributed by atoms with Crippen LogP contribution in [0.25, 0.3) is 0 Å². The fourth-order valence-corrected chi connectivity index (χ4v) is 1.09.